The number of carboxylic acid groups (broad SMARTS) is 1. The van der Waals surface area contributed by atoms with Gasteiger partial charge in [0.1, 0.15) is 6.04 Å². The normalized spacial score (nSPS) is 16.6. The van der Waals surface area contributed by atoms with Gasteiger partial charge in [-0.3, -0.25) is 4.79 Å². The number of carboxylic acids is 1. The molecule has 0 aliphatic heterocycles. The van der Waals surface area contributed by atoms with Gasteiger partial charge >= 0.3 is 5.97 Å². The zero-order valence-electron chi connectivity index (χ0n) is 12.1. The van der Waals surface area contributed by atoms with E-state index in [9.17, 15) is 9.90 Å². The molecule has 1 unspecified atom stereocenters. The Morgan fingerprint density at radius 2 is 2.05 bits per heavy atom. The molecule has 3 nitrogen and oxygen atoms in total. The Labute approximate surface area is 120 Å². The third-order valence-electron chi connectivity index (χ3n) is 3.84. The largest absolute Gasteiger partial charge is 0.480 e. The van der Waals surface area contributed by atoms with E-state index in [-0.39, 0.29) is 0 Å². The summed E-state index contributed by atoms with van der Waals surface area (Å²) < 4.78 is 0. The predicted molar refractivity (Wildman–Crippen MR) is 80.7 cm³/mol. The molecule has 0 aromatic heterocycles. The van der Waals surface area contributed by atoms with Gasteiger partial charge in [-0.05, 0) is 51.1 Å². The van der Waals surface area contributed by atoms with Crippen LogP contribution in [0.5, 0.6) is 0 Å². The van der Waals surface area contributed by atoms with Gasteiger partial charge in [0.2, 0.25) is 0 Å². The summed E-state index contributed by atoms with van der Waals surface area (Å²) in [7, 11) is 0. The molecule has 3 heteroatoms. The van der Waals surface area contributed by atoms with Crippen LogP contribution in [0.3, 0.4) is 0 Å². The molecule has 108 valence electrons. The van der Waals surface area contributed by atoms with E-state index >= 15 is 0 Å². The first kappa shape index (κ1) is 14.8. The van der Waals surface area contributed by atoms with Crippen molar-refractivity contribution < 1.29 is 9.90 Å². The number of carbonyl (C=O) groups is 1. The molecule has 0 amide bonds. The fourth-order valence-corrected chi connectivity index (χ4v) is 2.62. The molecule has 2 N–H and O–H groups in total. The summed E-state index contributed by atoms with van der Waals surface area (Å²) in [5.41, 5.74) is 3.43. The molecule has 1 aliphatic rings. The molecule has 1 aliphatic carbocycles. The number of hydrogen-bond donors (Lipinski definition) is 2. The van der Waals surface area contributed by atoms with E-state index in [1.165, 1.54) is 31.3 Å². The highest BCUT2D eigenvalue weighted by Gasteiger charge is 2.18. The van der Waals surface area contributed by atoms with E-state index in [2.05, 4.69) is 11.4 Å². The molecular weight excluding hydrogens is 250 g/mol. The lowest BCUT2D eigenvalue weighted by Crippen LogP contribution is -2.29. The van der Waals surface area contributed by atoms with E-state index in [0.29, 0.717) is 0 Å². The summed E-state index contributed by atoms with van der Waals surface area (Å²) in [6.45, 7) is 2.72. The summed E-state index contributed by atoms with van der Waals surface area (Å²) in [4.78, 5) is 11.4. The van der Waals surface area contributed by atoms with Crippen molar-refractivity contribution in [2.24, 2.45) is 0 Å². The Morgan fingerprint density at radius 1 is 1.30 bits per heavy atom. The minimum absolute atomic E-state index is 0.611. The molecule has 0 radical (unpaired) electrons. The molecular formula is C17H23NO2. The van der Waals surface area contributed by atoms with Crippen molar-refractivity contribution >= 4 is 5.97 Å². The second kappa shape index (κ2) is 7.25. The highest BCUT2D eigenvalue weighted by molar-refractivity contribution is 5.75. The van der Waals surface area contributed by atoms with Crippen LogP contribution >= 0.6 is 0 Å². The van der Waals surface area contributed by atoms with Crippen molar-refractivity contribution in [1.29, 1.82) is 0 Å². The maximum atomic E-state index is 11.4. The van der Waals surface area contributed by atoms with Crippen molar-refractivity contribution in [2.75, 3.05) is 6.54 Å². The number of allylic oxidation sites excluding steroid dienone is 1. The van der Waals surface area contributed by atoms with Crippen LogP contribution in [0.1, 0.15) is 49.3 Å². The second-order valence-electron chi connectivity index (χ2n) is 5.49. The Kier molecular flexibility index (Phi) is 5.36. The van der Waals surface area contributed by atoms with Crippen LogP contribution in [-0.2, 0) is 4.79 Å². The summed E-state index contributed by atoms with van der Waals surface area (Å²) >= 11 is 0. The molecule has 1 atom stereocenters. The molecule has 0 heterocycles. The molecule has 0 saturated carbocycles. The zero-order chi connectivity index (χ0) is 14.4. The Balaban J connectivity index is 1.91. The van der Waals surface area contributed by atoms with Gasteiger partial charge < -0.3 is 10.4 Å². The smallest absolute Gasteiger partial charge is 0.325 e. The van der Waals surface area contributed by atoms with Gasteiger partial charge in [0, 0.05) is 0 Å². The fraction of sp³-hybridized carbons (Fsp3) is 0.471. The molecule has 0 spiro atoms. The zero-order valence-corrected chi connectivity index (χ0v) is 12.1. The molecule has 20 heavy (non-hydrogen) atoms. The quantitative estimate of drug-likeness (QED) is 0.779. The number of aryl methyl sites for hydroxylation is 1. The first-order valence-electron chi connectivity index (χ1n) is 7.37. The topological polar surface area (TPSA) is 49.3 Å². The Bertz CT molecular complexity index is 476. The maximum Gasteiger partial charge on any atom is 0.325 e. The van der Waals surface area contributed by atoms with Gasteiger partial charge in [-0.2, -0.15) is 0 Å². The summed E-state index contributed by atoms with van der Waals surface area (Å²) in [5, 5.41) is 12.5. The van der Waals surface area contributed by atoms with Gasteiger partial charge in [-0.25, -0.2) is 0 Å². The number of rotatable bonds is 6. The lowest BCUT2D eigenvalue weighted by Gasteiger charge is -2.17. The number of hydrogen-bond acceptors (Lipinski definition) is 2. The number of aliphatic carboxylic acids is 1. The Morgan fingerprint density at radius 3 is 2.65 bits per heavy atom. The van der Waals surface area contributed by atoms with Crippen LogP contribution in [0.25, 0.3) is 0 Å². The predicted octanol–water partition coefficient (Wildman–Crippen LogP) is 3.60. The maximum absolute atomic E-state index is 11.4. The summed E-state index contributed by atoms with van der Waals surface area (Å²) in [5.74, 6) is -0.813. The SMILES string of the molecule is Cc1ccc(C(NCCC2=CCCCC2)C(=O)O)cc1. The van der Waals surface area contributed by atoms with Gasteiger partial charge in [0.15, 0.2) is 0 Å². The van der Waals surface area contributed by atoms with Crippen LogP contribution in [0.4, 0.5) is 0 Å². The van der Waals surface area contributed by atoms with Crippen molar-refractivity contribution in [3.63, 3.8) is 0 Å². The van der Waals surface area contributed by atoms with Crippen LogP contribution in [0.15, 0.2) is 35.9 Å². The van der Waals surface area contributed by atoms with Crippen molar-refractivity contribution in [2.45, 2.75) is 45.1 Å². The van der Waals surface area contributed by atoms with E-state index in [1.807, 2.05) is 31.2 Å². The molecule has 1 aromatic rings. The van der Waals surface area contributed by atoms with Crippen molar-refractivity contribution in [1.82, 2.24) is 5.32 Å². The van der Waals surface area contributed by atoms with Gasteiger partial charge in [0.25, 0.3) is 0 Å². The fourth-order valence-electron chi connectivity index (χ4n) is 2.62. The summed E-state index contributed by atoms with van der Waals surface area (Å²) in [6, 6.07) is 7.08. The van der Waals surface area contributed by atoms with Crippen LogP contribution in [0.2, 0.25) is 0 Å². The van der Waals surface area contributed by atoms with Crippen LogP contribution < -0.4 is 5.32 Å². The molecule has 2 rings (SSSR count). The molecule has 0 bridgehead atoms. The van der Waals surface area contributed by atoms with E-state index in [4.69, 9.17) is 0 Å². The van der Waals surface area contributed by atoms with Gasteiger partial charge in [0.05, 0.1) is 0 Å². The van der Waals surface area contributed by atoms with Gasteiger partial charge in [-0.15, -0.1) is 0 Å². The highest BCUT2D eigenvalue weighted by atomic mass is 16.4. The third-order valence-corrected chi connectivity index (χ3v) is 3.84. The first-order chi connectivity index (χ1) is 9.66. The van der Waals surface area contributed by atoms with Crippen molar-refractivity contribution in [3.05, 3.63) is 47.0 Å². The lowest BCUT2D eigenvalue weighted by molar-refractivity contribution is -0.139. The second-order valence-corrected chi connectivity index (χ2v) is 5.49. The number of nitrogens with one attached hydrogen (secondary N) is 1. The van der Waals surface area contributed by atoms with E-state index in [1.54, 1.807) is 0 Å². The minimum Gasteiger partial charge on any atom is -0.480 e. The first-order valence-corrected chi connectivity index (χ1v) is 7.37. The third kappa shape index (κ3) is 4.20. The average Bonchev–Trinajstić information content (AvgIpc) is 2.46. The van der Waals surface area contributed by atoms with Crippen LogP contribution in [-0.4, -0.2) is 17.6 Å². The molecule has 0 fully saturated rings. The van der Waals surface area contributed by atoms with E-state index < -0.39 is 12.0 Å². The van der Waals surface area contributed by atoms with Crippen LogP contribution in [0, 0.1) is 6.92 Å². The van der Waals surface area contributed by atoms with Crippen molar-refractivity contribution in [3.8, 4) is 0 Å². The van der Waals surface area contributed by atoms with E-state index in [0.717, 1.165) is 24.1 Å². The molecule has 1 aromatic carbocycles. The standard InChI is InChI=1S/C17H23NO2/c1-13-7-9-15(10-8-13)16(17(19)20)18-12-11-14-5-3-2-4-6-14/h5,7-10,16,18H,2-4,6,11-12H2,1H3,(H,19,20). The highest BCUT2D eigenvalue weighted by Crippen LogP contribution is 2.20. The average molecular weight is 273 g/mol. The Hall–Kier alpha value is -1.61. The van der Waals surface area contributed by atoms with Gasteiger partial charge in [-0.1, -0.05) is 41.5 Å². The monoisotopic (exact) mass is 273 g/mol. The molecule has 0 saturated heterocycles. The summed E-state index contributed by atoms with van der Waals surface area (Å²) in [6.07, 6.45) is 8.17. The number of benzene rings is 1. The lowest BCUT2D eigenvalue weighted by atomic mass is 9.97. The minimum atomic E-state index is -0.813.